The van der Waals surface area contributed by atoms with Crippen molar-refractivity contribution in [1.82, 2.24) is 0 Å². The second-order valence-electron chi connectivity index (χ2n) is 3.86. The maximum atomic E-state index is 9.91. The molecule has 0 aromatic heterocycles. The predicted molar refractivity (Wildman–Crippen MR) is 58.8 cm³/mol. The van der Waals surface area contributed by atoms with Gasteiger partial charge in [0.25, 0.3) is 0 Å². The fourth-order valence-electron chi connectivity index (χ4n) is 2.12. The summed E-state index contributed by atoms with van der Waals surface area (Å²) in [6.45, 7) is 1.19. The van der Waals surface area contributed by atoms with Crippen molar-refractivity contribution in [3.8, 4) is 11.5 Å². The van der Waals surface area contributed by atoms with Crippen LogP contribution in [0.2, 0.25) is 0 Å². The third-order valence-corrected chi connectivity index (χ3v) is 3.70. The number of ether oxygens (including phenoxy) is 2. The molecule has 0 saturated heterocycles. The molecule has 2 unspecified atom stereocenters. The molecule has 0 bridgehead atoms. The largest absolute Gasteiger partial charge is 0.486 e. The number of alkyl halides is 1. The summed E-state index contributed by atoms with van der Waals surface area (Å²) < 4.78 is 11.0. The SMILES string of the molecule is OC1c2cc3c(cc2CC1Br)OCCO3. The van der Waals surface area contributed by atoms with Crippen molar-refractivity contribution in [3.05, 3.63) is 23.3 Å². The molecule has 1 N–H and O–H groups in total. The Balaban J connectivity index is 2.09. The number of rotatable bonds is 0. The lowest BCUT2D eigenvalue weighted by atomic mass is 10.1. The molecule has 1 heterocycles. The minimum absolute atomic E-state index is 0.108. The van der Waals surface area contributed by atoms with Crippen molar-refractivity contribution in [2.75, 3.05) is 13.2 Å². The first-order valence-corrected chi connectivity index (χ1v) is 5.92. The van der Waals surface area contributed by atoms with Crippen LogP contribution < -0.4 is 9.47 Å². The lowest BCUT2D eigenvalue weighted by Gasteiger charge is -2.19. The van der Waals surface area contributed by atoms with Crippen molar-refractivity contribution in [3.63, 3.8) is 0 Å². The number of benzene rings is 1. The summed E-state index contributed by atoms with van der Waals surface area (Å²) in [7, 11) is 0. The van der Waals surface area contributed by atoms with Gasteiger partial charge < -0.3 is 14.6 Å². The van der Waals surface area contributed by atoms with E-state index in [-0.39, 0.29) is 4.83 Å². The first-order chi connectivity index (χ1) is 7.25. The normalized spacial score (nSPS) is 27.6. The molecular formula is C11H11BrO3. The lowest BCUT2D eigenvalue weighted by Crippen LogP contribution is -2.15. The van der Waals surface area contributed by atoms with Gasteiger partial charge in [0.2, 0.25) is 0 Å². The summed E-state index contributed by atoms with van der Waals surface area (Å²) in [5, 5.41) is 9.91. The highest BCUT2D eigenvalue weighted by molar-refractivity contribution is 9.09. The maximum absolute atomic E-state index is 9.91. The van der Waals surface area contributed by atoms with Gasteiger partial charge in [-0.25, -0.2) is 0 Å². The number of aliphatic hydroxyl groups is 1. The molecule has 4 heteroatoms. The van der Waals surface area contributed by atoms with Crippen molar-refractivity contribution in [2.24, 2.45) is 0 Å². The van der Waals surface area contributed by atoms with E-state index in [9.17, 15) is 5.11 Å². The van der Waals surface area contributed by atoms with Gasteiger partial charge in [-0.05, 0) is 29.7 Å². The third kappa shape index (κ3) is 1.43. The van der Waals surface area contributed by atoms with Crippen LogP contribution in [0.1, 0.15) is 17.2 Å². The molecule has 1 aliphatic carbocycles. The van der Waals surface area contributed by atoms with Crippen molar-refractivity contribution in [1.29, 1.82) is 0 Å². The van der Waals surface area contributed by atoms with Crippen LogP contribution in [-0.2, 0) is 6.42 Å². The minimum Gasteiger partial charge on any atom is -0.486 e. The summed E-state index contributed by atoms with van der Waals surface area (Å²) in [5.74, 6) is 1.55. The Bertz CT molecular complexity index is 405. The smallest absolute Gasteiger partial charge is 0.161 e. The summed E-state index contributed by atoms with van der Waals surface area (Å²) in [4.78, 5) is 0.108. The van der Waals surface area contributed by atoms with E-state index in [4.69, 9.17) is 9.47 Å². The summed E-state index contributed by atoms with van der Waals surface area (Å²) in [6, 6.07) is 3.88. The Morgan fingerprint density at radius 2 is 1.87 bits per heavy atom. The summed E-state index contributed by atoms with van der Waals surface area (Å²) >= 11 is 3.46. The zero-order valence-electron chi connectivity index (χ0n) is 8.07. The average Bonchev–Trinajstić information content (AvgIpc) is 2.52. The van der Waals surface area contributed by atoms with Gasteiger partial charge in [-0.15, -0.1) is 0 Å². The van der Waals surface area contributed by atoms with E-state index in [0.717, 1.165) is 29.0 Å². The molecule has 0 saturated carbocycles. The van der Waals surface area contributed by atoms with E-state index in [1.807, 2.05) is 12.1 Å². The molecule has 0 fully saturated rings. The number of hydrogen-bond donors (Lipinski definition) is 1. The van der Waals surface area contributed by atoms with Crippen LogP contribution in [0.3, 0.4) is 0 Å². The van der Waals surface area contributed by atoms with Gasteiger partial charge in [-0.3, -0.25) is 0 Å². The second kappa shape index (κ2) is 3.39. The molecule has 3 rings (SSSR count). The van der Waals surface area contributed by atoms with Gasteiger partial charge in [0.15, 0.2) is 11.5 Å². The molecule has 3 nitrogen and oxygen atoms in total. The van der Waals surface area contributed by atoms with Crippen molar-refractivity contribution < 1.29 is 14.6 Å². The zero-order valence-corrected chi connectivity index (χ0v) is 9.66. The first-order valence-electron chi connectivity index (χ1n) is 5.00. The molecule has 2 aliphatic rings. The van der Waals surface area contributed by atoms with Gasteiger partial charge in [0.1, 0.15) is 13.2 Å². The van der Waals surface area contributed by atoms with E-state index in [1.54, 1.807) is 0 Å². The van der Waals surface area contributed by atoms with Gasteiger partial charge in [-0.2, -0.15) is 0 Å². The highest BCUT2D eigenvalue weighted by atomic mass is 79.9. The standard InChI is InChI=1S/C11H11BrO3/c12-8-3-6-4-9-10(15-2-1-14-9)5-7(6)11(8)13/h4-5,8,11,13H,1-3H2. The summed E-state index contributed by atoms with van der Waals surface area (Å²) in [5.41, 5.74) is 2.11. The van der Waals surface area contributed by atoms with Crippen LogP contribution in [-0.4, -0.2) is 23.1 Å². The Labute approximate surface area is 96.1 Å². The molecule has 15 heavy (non-hydrogen) atoms. The lowest BCUT2D eigenvalue weighted by molar-refractivity contribution is 0.168. The maximum Gasteiger partial charge on any atom is 0.161 e. The summed E-state index contributed by atoms with van der Waals surface area (Å²) in [6.07, 6.45) is 0.406. The fourth-order valence-corrected chi connectivity index (χ4v) is 2.75. The topological polar surface area (TPSA) is 38.7 Å². The van der Waals surface area contributed by atoms with Crippen LogP contribution in [0.4, 0.5) is 0 Å². The highest BCUT2D eigenvalue weighted by Gasteiger charge is 2.31. The quantitative estimate of drug-likeness (QED) is 0.731. The van der Waals surface area contributed by atoms with Gasteiger partial charge in [0.05, 0.1) is 6.10 Å². The van der Waals surface area contributed by atoms with Crippen LogP contribution in [0, 0.1) is 0 Å². The van der Waals surface area contributed by atoms with E-state index < -0.39 is 6.10 Å². The number of hydrogen-bond acceptors (Lipinski definition) is 3. The minimum atomic E-state index is -0.434. The van der Waals surface area contributed by atoms with E-state index >= 15 is 0 Å². The number of fused-ring (bicyclic) bond motifs is 2. The molecule has 0 radical (unpaired) electrons. The van der Waals surface area contributed by atoms with Gasteiger partial charge in [0, 0.05) is 4.83 Å². The van der Waals surface area contributed by atoms with E-state index in [1.165, 1.54) is 0 Å². The Morgan fingerprint density at radius 3 is 2.60 bits per heavy atom. The molecule has 0 amide bonds. The monoisotopic (exact) mass is 270 g/mol. The predicted octanol–water partition coefficient (Wildman–Crippen LogP) is 1.81. The second-order valence-corrected chi connectivity index (χ2v) is 5.04. The van der Waals surface area contributed by atoms with E-state index in [2.05, 4.69) is 15.9 Å². The Hall–Kier alpha value is -0.740. The van der Waals surface area contributed by atoms with Crippen LogP contribution in [0.5, 0.6) is 11.5 Å². The number of aliphatic hydroxyl groups excluding tert-OH is 1. The number of halogens is 1. The Kier molecular flexibility index (Phi) is 2.14. The van der Waals surface area contributed by atoms with Crippen LogP contribution in [0.15, 0.2) is 12.1 Å². The molecule has 1 aromatic rings. The van der Waals surface area contributed by atoms with Gasteiger partial charge >= 0.3 is 0 Å². The molecule has 80 valence electrons. The third-order valence-electron chi connectivity index (χ3n) is 2.88. The average molecular weight is 271 g/mol. The Morgan fingerprint density at radius 1 is 1.20 bits per heavy atom. The molecule has 1 aliphatic heterocycles. The van der Waals surface area contributed by atoms with Crippen molar-refractivity contribution in [2.45, 2.75) is 17.4 Å². The zero-order chi connectivity index (χ0) is 10.4. The molecular weight excluding hydrogens is 260 g/mol. The van der Waals surface area contributed by atoms with E-state index in [0.29, 0.717) is 13.2 Å². The van der Waals surface area contributed by atoms with Crippen molar-refractivity contribution >= 4 is 15.9 Å². The van der Waals surface area contributed by atoms with Crippen LogP contribution >= 0.6 is 15.9 Å². The molecule has 2 atom stereocenters. The molecule has 1 aromatic carbocycles. The van der Waals surface area contributed by atoms with Gasteiger partial charge in [-0.1, -0.05) is 15.9 Å². The van der Waals surface area contributed by atoms with Crippen LogP contribution in [0.25, 0.3) is 0 Å². The highest BCUT2D eigenvalue weighted by Crippen LogP contribution is 2.42. The fraction of sp³-hybridized carbons (Fsp3) is 0.455. The first kappa shape index (κ1) is 9.48. The molecule has 0 spiro atoms.